The number of carbonyl (C=O) groups is 1. The zero-order chi connectivity index (χ0) is 15.5. The van der Waals surface area contributed by atoms with Gasteiger partial charge in [-0.3, -0.25) is 4.79 Å². The van der Waals surface area contributed by atoms with E-state index in [0.29, 0.717) is 6.07 Å². The highest BCUT2D eigenvalue weighted by atomic mass is 19.1. The minimum absolute atomic E-state index is 0.0756. The van der Waals surface area contributed by atoms with E-state index in [1.165, 1.54) is 12.4 Å². The van der Waals surface area contributed by atoms with Gasteiger partial charge in [-0.1, -0.05) is 0 Å². The molecule has 0 atom stereocenters. The quantitative estimate of drug-likeness (QED) is 0.947. The number of carbonyl (C=O) groups excluding carboxylic acids is 1. The van der Waals surface area contributed by atoms with Gasteiger partial charge < -0.3 is 10.2 Å². The smallest absolute Gasteiger partial charge is 0.275 e. The van der Waals surface area contributed by atoms with Crippen LogP contribution in [0.2, 0.25) is 0 Å². The van der Waals surface area contributed by atoms with E-state index in [-0.39, 0.29) is 11.4 Å². The van der Waals surface area contributed by atoms with Gasteiger partial charge in [-0.15, -0.1) is 0 Å². The molecule has 1 aliphatic heterocycles. The average molecular weight is 304 g/mol. The average Bonchev–Trinajstić information content (AvgIpc) is 3.04. The second-order valence-corrected chi connectivity index (χ2v) is 5.03. The normalized spacial score (nSPS) is 14.2. The predicted octanol–water partition coefficient (Wildman–Crippen LogP) is 2.61. The van der Waals surface area contributed by atoms with Gasteiger partial charge in [0.15, 0.2) is 0 Å². The number of hydrogen-bond acceptors (Lipinski definition) is 4. The zero-order valence-electron chi connectivity index (χ0n) is 11.7. The van der Waals surface area contributed by atoms with Gasteiger partial charge in [0.05, 0.1) is 18.1 Å². The number of rotatable bonds is 3. The van der Waals surface area contributed by atoms with E-state index in [2.05, 4.69) is 20.2 Å². The fourth-order valence-corrected chi connectivity index (χ4v) is 2.33. The third kappa shape index (κ3) is 3.03. The largest absolute Gasteiger partial charge is 0.355 e. The van der Waals surface area contributed by atoms with Crippen LogP contribution in [-0.4, -0.2) is 29.0 Å². The summed E-state index contributed by atoms with van der Waals surface area (Å²) in [5.74, 6) is -1.41. The third-order valence-corrected chi connectivity index (χ3v) is 3.48. The lowest BCUT2D eigenvalue weighted by molar-refractivity contribution is 0.102. The molecule has 2 heterocycles. The van der Waals surface area contributed by atoms with Crippen LogP contribution in [-0.2, 0) is 0 Å². The molecule has 7 heteroatoms. The minimum Gasteiger partial charge on any atom is -0.355 e. The van der Waals surface area contributed by atoms with Gasteiger partial charge >= 0.3 is 0 Å². The highest BCUT2D eigenvalue weighted by Crippen LogP contribution is 2.18. The molecule has 2 aromatic rings. The summed E-state index contributed by atoms with van der Waals surface area (Å²) in [5, 5.41) is 2.35. The Balaban J connectivity index is 1.71. The molecule has 5 nitrogen and oxygen atoms in total. The van der Waals surface area contributed by atoms with E-state index >= 15 is 0 Å². The van der Waals surface area contributed by atoms with E-state index in [9.17, 15) is 13.6 Å². The van der Waals surface area contributed by atoms with Crippen LogP contribution in [0.3, 0.4) is 0 Å². The summed E-state index contributed by atoms with van der Waals surface area (Å²) in [7, 11) is 0. The van der Waals surface area contributed by atoms with Crippen LogP contribution in [0.25, 0.3) is 0 Å². The van der Waals surface area contributed by atoms with E-state index < -0.39 is 17.5 Å². The van der Waals surface area contributed by atoms with Crippen LogP contribution in [0.1, 0.15) is 23.3 Å². The van der Waals surface area contributed by atoms with Crippen LogP contribution in [0.15, 0.2) is 30.6 Å². The molecule has 0 aliphatic carbocycles. The summed E-state index contributed by atoms with van der Waals surface area (Å²) >= 11 is 0. The van der Waals surface area contributed by atoms with E-state index in [1.807, 2.05) is 0 Å². The Morgan fingerprint density at radius 2 is 1.91 bits per heavy atom. The van der Waals surface area contributed by atoms with Crippen LogP contribution in [0.5, 0.6) is 0 Å². The lowest BCUT2D eigenvalue weighted by atomic mass is 10.3. The van der Waals surface area contributed by atoms with Crippen LogP contribution in [0, 0.1) is 11.6 Å². The van der Waals surface area contributed by atoms with Gasteiger partial charge in [-0.05, 0) is 25.0 Å². The molecule has 0 saturated carbocycles. The monoisotopic (exact) mass is 304 g/mol. The van der Waals surface area contributed by atoms with Crippen molar-refractivity contribution in [2.24, 2.45) is 0 Å². The highest BCUT2D eigenvalue weighted by Gasteiger charge is 2.16. The lowest BCUT2D eigenvalue weighted by Gasteiger charge is -2.15. The topological polar surface area (TPSA) is 58.1 Å². The van der Waals surface area contributed by atoms with E-state index in [0.717, 1.165) is 43.9 Å². The Hall–Kier alpha value is -2.57. The first-order valence-electron chi connectivity index (χ1n) is 6.97. The van der Waals surface area contributed by atoms with Crippen molar-refractivity contribution in [1.82, 2.24) is 9.97 Å². The second-order valence-electron chi connectivity index (χ2n) is 5.03. The molecule has 0 unspecified atom stereocenters. The molecule has 1 fully saturated rings. The number of halogens is 2. The number of hydrogen-bond donors (Lipinski definition) is 1. The third-order valence-electron chi connectivity index (χ3n) is 3.48. The number of nitrogens with zero attached hydrogens (tertiary/aromatic N) is 3. The first kappa shape index (κ1) is 14.4. The molecule has 0 radical (unpaired) electrons. The molecule has 114 valence electrons. The standard InChI is InChI=1S/C15H14F2N4O/c16-10-3-4-12(11(17)7-10)20-15(22)13-8-19-14(9-18-13)21-5-1-2-6-21/h3-4,7-9H,1-2,5-6H2,(H,20,22). The summed E-state index contributed by atoms with van der Waals surface area (Å²) < 4.78 is 26.3. The van der Waals surface area contributed by atoms with Gasteiger partial charge in [0.1, 0.15) is 23.1 Å². The first-order chi connectivity index (χ1) is 10.6. The summed E-state index contributed by atoms with van der Waals surface area (Å²) in [6, 6.07) is 2.94. The zero-order valence-corrected chi connectivity index (χ0v) is 11.7. The molecular weight excluding hydrogens is 290 g/mol. The molecule has 1 N–H and O–H groups in total. The van der Waals surface area contributed by atoms with Crippen molar-refractivity contribution in [3.8, 4) is 0 Å². The Kier molecular flexibility index (Phi) is 3.95. The number of nitrogens with one attached hydrogen (secondary N) is 1. The maximum absolute atomic E-state index is 13.5. The molecule has 1 aromatic heterocycles. The Morgan fingerprint density at radius 1 is 1.14 bits per heavy atom. The van der Waals surface area contributed by atoms with Crippen LogP contribution >= 0.6 is 0 Å². The molecule has 1 aliphatic rings. The van der Waals surface area contributed by atoms with Crippen LogP contribution < -0.4 is 10.2 Å². The van der Waals surface area contributed by atoms with Crippen molar-refractivity contribution in [2.75, 3.05) is 23.3 Å². The number of aromatic nitrogens is 2. The molecular formula is C15H14F2N4O. The number of anilines is 2. The fraction of sp³-hybridized carbons (Fsp3) is 0.267. The minimum atomic E-state index is -0.838. The van der Waals surface area contributed by atoms with Crippen molar-refractivity contribution >= 4 is 17.4 Å². The number of benzene rings is 1. The van der Waals surface area contributed by atoms with Gasteiger partial charge in [0, 0.05) is 19.2 Å². The second kappa shape index (κ2) is 6.05. The van der Waals surface area contributed by atoms with Crippen molar-refractivity contribution in [3.05, 3.63) is 47.9 Å². The predicted molar refractivity (Wildman–Crippen MR) is 77.8 cm³/mol. The summed E-state index contributed by atoms with van der Waals surface area (Å²) in [6.45, 7) is 1.86. The van der Waals surface area contributed by atoms with Gasteiger partial charge in [-0.25, -0.2) is 18.7 Å². The molecule has 0 bridgehead atoms. The van der Waals surface area contributed by atoms with Gasteiger partial charge in [0.2, 0.25) is 0 Å². The number of amides is 1. The Morgan fingerprint density at radius 3 is 2.55 bits per heavy atom. The van der Waals surface area contributed by atoms with E-state index in [1.54, 1.807) is 0 Å². The molecule has 1 amide bonds. The van der Waals surface area contributed by atoms with Crippen molar-refractivity contribution in [3.63, 3.8) is 0 Å². The SMILES string of the molecule is O=C(Nc1ccc(F)cc1F)c1cnc(N2CCCC2)cn1. The van der Waals surface area contributed by atoms with Crippen molar-refractivity contribution in [1.29, 1.82) is 0 Å². The first-order valence-corrected chi connectivity index (χ1v) is 6.97. The van der Waals surface area contributed by atoms with E-state index in [4.69, 9.17) is 0 Å². The summed E-state index contributed by atoms with van der Waals surface area (Å²) in [4.78, 5) is 22.4. The van der Waals surface area contributed by atoms with Crippen molar-refractivity contribution < 1.29 is 13.6 Å². The molecule has 1 saturated heterocycles. The van der Waals surface area contributed by atoms with Crippen LogP contribution in [0.4, 0.5) is 20.3 Å². The molecule has 0 spiro atoms. The van der Waals surface area contributed by atoms with Gasteiger partial charge in [0.25, 0.3) is 5.91 Å². The lowest BCUT2D eigenvalue weighted by Crippen LogP contribution is -2.20. The molecule has 3 rings (SSSR count). The molecule has 22 heavy (non-hydrogen) atoms. The molecule has 1 aromatic carbocycles. The maximum Gasteiger partial charge on any atom is 0.275 e. The highest BCUT2D eigenvalue weighted by molar-refractivity contribution is 6.02. The maximum atomic E-state index is 13.5. The van der Waals surface area contributed by atoms with Gasteiger partial charge in [-0.2, -0.15) is 0 Å². The fourth-order valence-electron chi connectivity index (χ4n) is 2.33. The Bertz CT molecular complexity index is 684. The summed E-state index contributed by atoms with van der Waals surface area (Å²) in [6.07, 6.45) is 5.12. The summed E-state index contributed by atoms with van der Waals surface area (Å²) in [5.41, 5.74) is -0.0245. The van der Waals surface area contributed by atoms with Crippen molar-refractivity contribution in [2.45, 2.75) is 12.8 Å². The Labute approximate surface area is 126 Å².